The quantitative estimate of drug-likeness (QED) is 0.484. The lowest BCUT2D eigenvalue weighted by atomic mass is 10.1. The molecule has 0 fully saturated rings. The van der Waals surface area contributed by atoms with E-state index in [-0.39, 0.29) is 6.61 Å². The summed E-state index contributed by atoms with van der Waals surface area (Å²) in [4.78, 5) is 13.0. The smallest absolute Gasteiger partial charge is 0.315 e. The van der Waals surface area contributed by atoms with Gasteiger partial charge >= 0.3 is 5.97 Å². The highest BCUT2D eigenvalue weighted by Gasteiger charge is 2.48. The van der Waals surface area contributed by atoms with E-state index in [1.165, 1.54) is 11.1 Å². The maximum absolute atomic E-state index is 11.5. The topological polar surface area (TPSA) is 79.0 Å². The van der Waals surface area contributed by atoms with Crippen LogP contribution in [0.5, 0.6) is 0 Å². The van der Waals surface area contributed by atoms with Gasteiger partial charge in [0.1, 0.15) is 5.92 Å². The maximum atomic E-state index is 11.5. The summed E-state index contributed by atoms with van der Waals surface area (Å²) in [7, 11) is 1.64. The number of hydrogen-bond donors (Lipinski definition) is 2. The second kappa shape index (κ2) is 4.08. The van der Waals surface area contributed by atoms with Crippen LogP contribution in [0.3, 0.4) is 0 Å². The van der Waals surface area contributed by atoms with E-state index >= 15 is 0 Å². The highest BCUT2D eigenvalue weighted by molar-refractivity contribution is 5.73. The van der Waals surface area contributed by atoms with Crippen molar-refractivity contribution in [2.75, 3.05) is 13.7 Å². The van der Waals surface area contributed by atoms with Crippen LogP contribution in [0, 0.1) is 5.92 Å². The van der Waals surface area contributed by atoms with Gasteiger partial charge in [0, 0.05) is 19.4 Å². The van der Waals surface area contributed by atoms with Crippen molar-refractivity contribution in [3.8, 4) is 0 Å². The second-order valence-corrected chi connectivity index (χ2v) is 3.48. The van der Waals surface area contributed by atoms with Gasteiger partial charge in [-0.3, -0.25) is 9.80 Å². The number of nitrogens with two attached hydrogens (primary N) is 1. The lowest BCUT2D eigenvalue weighted by Crippen LogP contribution is -2.61. The van der Waals surface area contributed by atoms with Crippen molar-refractivity contribution in [3.63, 3.8) is 0 Å². The van der Waals surface area contributed by atoms with Crippen LogP contribution in [0.15, 0.2) is 12.4 Å². The molecule has 2 unspecified atom stereocenters. The molecule has 1 rings (SSSR count). The first-order valence-electron chi connectivity index (χ1n) is 4.78. The Hall–Kier alpha value is -1.27. The van der Waals surface area contributed by atoms with Crippen molar-refractivity contribution in [1.29, 1.82) is 0 Å². The van der Waals surface area contributed by atoms with Crippen molar-refractivity contribution in [2.24, 2.45) is 11.8 Å². The van der Waals surface area contributed by atoms with Crippen LogP contribution in [0.4, 0.5) is 0 Å². The number of ether oxygens (including phenoxy) is 1. The molecule has 0 aromatic heterocycles. The Morgan fingerprint density at radius 3 is 2.67 bits per heavy atom. The minimum absolute atomic E-state index is 0.279. The number of carbonyl (C=O) groups excluding carboxylic acids is 1. The third-order valence-electron chi connectivity index (χ3n) is 2.57. The molecule has 0 aromatic carbocycles. The Morgan fingerprint density at radius 1 is 1.67 bits per heavy atom. The lowest BCUT2D eigenvalue weighted by molar-refractivity contribution is -0.207. The van der Waals surface area contributed by atoms with Crippen LogP contribution in [0.2, 0.25) is 0 Å². The number of rotatable bonds is 3. The normalized spacial score (nSPS) is 27.0. The minimum Gasteiger partial charge on any atom is -0.466 e. The largest absolute Gasteiger partial charge is 0.466 e. The van der Waals surface area contributed by atoms with E-state index in [1.807, 2.05) is 0 Å². The van der Waals surface area contributed by atoms with Crippen LogP contribution in [-0.2, 0) is 9.53 Å². The summed E-state index contributed by atoms with van der Waals surface area (Å²) in [5, 5.41) is 11.3. The first-order valence-corrected chi connectivity index (χ1v) is 4.78. The average Bonchev–Trinajstić information content (AvgIpc) is 2.46. The molecule has 0 bridgehead atoms. The zero-order chi connectivity index (χ0) is 11.6. The number of aliphatic hydroxyl groups is 1. The monoisotopic (exact) mass is 215 g/mol. The van der Waals surface area contributed by atoms with Gasteiger partial charge < -0.3 is 14.7 Å². The fraction of sp³-hybridized carbons (Fsp3) is 0.667. The fourth-order valence-corrected chi connectivity index (χ4v) is 1.53. The van der Waals surface area contributed by atoms with E-state index in [0.29, 0.717) is 0 Å². The molecule has 6 heteroatoms. The maximum Gasteiger partial charge on any atom is 0.315 e. The molecule has 15 heavy (non-hydrogen) atoms. The number of carbonyl (C=O) groups is 1. The summed E-state index contributed by atoms with van der Waals surface area (Å²) in [6.45, 7) is 3.56. The van der Waals surface area contributed by atoms with Gasteiger partial charge in [-0.2, -0.15) is 0 Å². The van der Waals surface area contributed by atoms with Gasteiger partial charge in [-0.25, -0.2) is 5.84 Å². The first-order chi connectivity index (χ1) is 6.94. The molecule has 2 atom stereocenters. The van der Waals surface area contributed by atoms with E-state index in [4.69, 9.17) is 10.6 Å². The average molecular weight is 215 g/mol. The molecular weight excluding hydrogens is 198 g/mol. The fourth-order valence-electron chi connectivity index (χ4n) is 1.53. The molecule has 0 aliphatic carbocycles. The first kappa shape index (κ1) is 11.8. The molecular formula is C9H17N3O3. The minimum atomic E-state index is -1.55. The van der Waals surface area contributed by atoms with Gasteiger partial charge in [0.25, 0.3) is 0 Å². The molecule has 0 radical (unpaired) electrons. The van der Waals surface area contributed by atoms with Crippen molar-refractivity contribution in [1.82, 2.24) is 9.91 Å². The number of hydrogen-bond acceptors (Lipinski definition) is 6. The highest BCUT2D eigenvalue weighted by atomic mass is 16.5. The third kappa shape index (κ3) is 1.78. The van der Waals surface area contributed by atoms with Crippen LogP contribution in [-0.4, -0.2) is 40.5 Å². The molecule has 1 aliphatic rings. The molecule has 1 heterocycles. The zero-order valence-electron chi connectivity index (χ0n) is 9.17. The second-order valence-electron chi connectivity index (χ2n) is 3.48. The standard InChI is InChI=1S/C9H17N3O3/c1-4-15-8(13)7(2)9(14)11(3)5-6-12(9)10/h5-7,14H,4,10H2,1-3H3. The lowest BCUT2D eigenvalue weighted by Gasteiger charge is -2.39. The van der Waals surface area contributed by atoms with Gasteiger partial charge in [0.05, 0.1) is 6.61 Å². The Kier molecular flexibility index (Phi) is 3.21. The number of hydrazine groups is 1. The summed E-state index contributed by atoms with van der Waals surface area (Å²) in [5.41, 5.74) is 0. The van der Waals surface area contributed by atoms with Crippen LogP contribution >= 0.6 is 0 Å². The Morgan fingerprint density at radius 2 is 2.27 bits per heavy atom. The molecule has 0 spiro atoms. The van der Waals surface area contributed by atoms with E-state index in [2.05, 4.69) is 0 Å². The van der Waals surface area contributed by atoms with E-state index in [0.717, 1.165) is 5.01 Å². The van der Waals surface area contributed by atoms with Crippen LogP contribution < -0.4 is 5.84 Å². The summed E-state index contributed by atoms with van der Waals surface area (Å²) in [6, 6.07) is 0. The number of nitrogens with zero attached hydrogens (tertiary/aromatic N) is 2. The van der Waals surface area contributed by atoms with E-state index in [9.17, 15) is 9.90 Å². The van der Waals surface area contributed by atoms with Crippen LogP contribution in [0.1, 0.15) is 13.8 Å². The molecule has 1 aliphatic heterocycles. The van der Waals surface area contributed by atoms with E-state index < -0.39 is 17.7 Å². The molecule has 3 N–H and O–H groups in total. The number of esters is 1. The summed E-state index contributed by atoms with van der Waals surface area (Å²) in [6.07, 6.45) is 3.09. The highest BCUT2D eigenvalue weighted by Crippen LogP contribution is 2.29. The zero-order valence-corrected chi connectivity index (χ0v) is 9.17. The SMILES string of the molecule is CCOC(=O)C(C)C1(O)N(C)C=CN1N. The van der Waals surface area contributed by atoms with Crippen molar-refractivity contribution >= 4 is 5.97 Å². The van der Waals surface area contributed by atoms with Gasteiger partial charge in [-0.05, 0) is 13.8 Å². The van der Waals surface area contributed by atoms with Crippen molar-refractivity contribution < 1.29 is 14.6 Å². The molecule has 0 saturated carbocycles. The third-order valence-corrected chi connectivity index (χ3v) is 2.57. The van der Waals surface area contributed by atoms with Gasteiger partial charge in [-0.1, -0.05) is 0 Å². The van der Waals surface area contributed by atoms with Gasteiger partial charge in [0.2, 0.25) is 5.85 Å². The van der Waals surface area contributed by atoms with Crippen LogP contribution in [0.25, 0.3) is 0 Å². The summed E-state index contributed by atoms with van der Waals surface area (Å²) in [5.74, 6) is 2.79. The molecule has 86 valence electrons. The van der Waals surface area contributed by atoms with Crippen molar-refractivity contribution in [2.45, 2.75) is 19.7 Å². The summed E-state index contributed by atoms with van der Waals surface area (Å²) >= 11 is 0. The Balaban J connectivity index is 2.81. The molecule has 0 amide bonds. The predicted molar refractivity (Wildman–Crippen MR) is 53.7 cm³/mol. The summed E-state index contributed by atoms with van der Waals surface area (Å²) < 4.78 is 4.84. The molecule has 0 saturated heterocycles. The van der Waals surface area contributed by atoms with Gasteiger partial charge in [-0.15, -0.1) is 0 Å². The predicted octanol–water partition coefficient (Wildman–Crippen LogP) is -0.576. The molecule has 0 aromatic rings. The van der Waals surface area contributed by atoms with E-state index in [1.54, 1.807) is 27.1 Å². The molecule has 6 nitrogen and oxygen atoms in total. The Bertz CT molecular complexity index is 268. The Labute approximate surface area is 88.9 Å². The van der Waals surface area contributed by atoms with Gasteiger partial charge in [0.15, 0.2) is 0 Å². The van der Waals surface area contributed by atoms with Crippen molar-refractivity contribution in [3.05, 3.63) is 12.4 Å².